The van der Waals surface area contributed by atoms with Gasteiger partial charge in [0.2, 0.25) is 0 Å². The molecule has 0 aliphatic heterocycles. The maximum absolute atomic E-state index is 12.0. The molecule has 0 aliphatic rings. The van der Waals surface area contributed by atoms with Crippen LogP contribution in [0.25, 0.3) is 0 Å². The summed E-state index contributed by atoms with van der Waals surface area (Å²) in [6.07, 6.45) is 0. The molecule has 1 heterocycles. The number of carbonyl (C=O) groups excluding carboxylic acids is 1. The lowest BCUT2D eigenvalue weighted by atomic mass is 10.2. The zero-order valence-electron chi connectivity index (χ0n) is 9.26. The second-order valence-corrected chi connectivity index (χ2v) is 7.29. The predicted molar refractivity (Wildman–Crippen MR) is 86.2 cm³/mol. The third-order valence-electron chi connectivity index (χ3n) is 2.33. The number of carbonyl (C=O) groups is 1. The zero-order valence-corrected chi connectivity index (χ0v) is 13.7. The van der Waals surface area contributed by atoms with Crippen LogP contribution < -0.4 is 5.32 Å². The average Bonchev–Trinajstić information content (AvgIpc) is 2.73. The molecule has 1 N–H and O–H groups in total. The summed E-state index contributed by atoms with van der Waals surface area (Å²) in [4.78, 5) is 12.0. The molecule has 6 heteroatoms. The summed E-state index contributed by atoms with van der Waals surface area (Å²) in [5, 5.41) is 5.62. The highest BCUT2D eigenvalue weighted by atomic mass is 127. The number of nitrogens with one attached hydrogen (secondary N) is 1. The molecule has 2 nitrogen and oxygen atoms in total. The van der Waals surface area contributed by atoms with Crippen molar-refractivity contribution >= 4 is 68.7 Å². The number of thiophene rings is 1. The number of amides is 1. The van der Waals surface area contributed by atoms with Crippen LogP contribution in [-0.2, 0) is 0 Å². The van der Waals surface area contributed by atoms with Gasteiger partial charge in [-0.2, -0.15) is 0 Å². The van der Waals surface area contributed by atoms with Gasteiger partial charge in [-0.3, -0.25) is 4.79 Å². The van der Waals surface area contributed by atoms with Crippen LogP contribution in [0.1, 0.15) is 15.9 Å². The molecular weight excluding hydrogens is 404 g/mol. The SMILES string of the molecule is Cc1cc(Cl)c(NC(=O)c2csc(I)c2)cc1Cl. The Labute approximate surface area is 132 Å². The second-order valence-electron chi connectivity index (χ2n) is 3.67. The fourth-order valence-electron chi connectivity index (χ4n) is 1.37. The van der Waals surface area contributed by atoms with Crippen molar-refractivity contribution in [3.63, 3.8) is 0 Å². The summed E-state index contributed by atoms with van der Waals surface area (Å²) in [5.74, 6) is -0.184. The highest BCUT2D eigenvalue weighted by Crippen LogP contribution is 2.29. The third kappa shape index (κ3) is 3.17. The van der Waals surface area contributed by atoms with E-state index in [4.69, 9.17) is 23.2 Å². The van der Waals surface area contributed by atoms with Gasteiger partial charge in [-0.1, -0.05) is 23.2 Å². The van der Waals surface area contributed by atoms with Crippen molar-refractivity contribution in [2.24, 2.45) is 0 Å². The number of rotatable bonds is 2. The molecular formula is C12H8Cl2INOS. The summed E-state index contributed by atoms with van der Waals surface area (Å²) in [5.41, 5.74) is 2.03. The Morgan fingerprint density at radius 3 is 2.61 bits per heavy atom. The third-order valence-corrected chi connectivity index (χ3v) is 4.84. The summed E-state index contributed by atoms with van der Waals surface area (Å²) in [6, 6.07) is 5.22. The van der Waals surface area contributed by atoms with E-state index < -0.39 is 0 Å². The fourth-order valence-corrected chi connectivity index (χ4v) is 3.12. The highest BCUT2D eigenvalue weighted by molar-refractivity contribution is 14.1. The van der Waals surface area contributed by atoms with Crippen molar-refractivity contribution in [1.29, 1.82) is 0 Å². The largest absolute Gasteiger partial charge is 0.321 e. The van der Waals surface area contributed by atoms with Gasteiger partial charge in [-0.05, 0) is 53.3 Å². The van der Waals surface area contributed by atoms with E-state index in [2.05, 4.69) is 27.9 Å². The van der Waals surface area contributed by atoms with Gasteiger partial charge < -0.3 is 5.32 Å². The number of halogens is 3. The van der Waals surface area contributed by atoms with Crippen molar-refractivity contribution < 1.29 is 4.79 Å². The lowest BCUT2D eigenvalue weighted by Crippen LogP contribution is -2.11. The molecule has 18 heavy (non-hydrogen) atoms. The Bertz CT molecular complexity index is 612. The summed E-state index contributed by atoms with van der Waals surface area (Å²) in [7, 11) is 0. The van der Waals surface area contributed by atoms with Crippen LogP contribution in [-0.4, -0.2) is 5.91 Å². The van der Waals surface area contributed by atoms with Gasteiger partial charge in [0.15, 0.2) is 0 Å². The Morgan fingerprint density at radius 2 is 2.00 bits per heavy atom. The van der Waals surface area contributed by atoms with Crippen molar-refractivity contribution in [2.75, 3.05) is 5.32 Å². The van der Waals surface area contributed by atoms with Crippen LogP contribution in [0.15, 0.2) is 23.6 Å². The molecule has 0 unspecified atom stereocenters. The minimum Gasteiger partial charge on any atom is -0.321 e. The number of hydrogen-bond acceptors (Lipinski definition) is 2. The first-order valence-electron chi connectivity index (χ1n) is 4.98. The molecule has 1 amide bonds. The fraction of sp³-hybridized carbons (Fsp3) is 0.0833. The molecule has 2 rings (SSSR count). The molecule has 0 saturated carbocycles. The van der Waals surface area contributed by atoms with E-state index in [9.17, 15) is 4.79 Å². The molecule has 1 aromatic heterocycles. The molecule has 0 bridgehead atoms. The number of hydrogen-bond donors (Lipinski definition) is 1. The number of anilines is 1. The lowest BCUT2D eigenvalue weighted by molar-refractivity contribution is 0.102. The standard InChI is InChI=1S/C12H8Cl2INOS/c1-6-2-9(14)10(4-8(6)13)16-12(17)7-3-11(15)18-5-7/h2-5H,1H3,(H,16,17). The van der Waals surface area contributed by atoms with Crippen molar-refractivity contribution in [1.82, 2.24) is 0 Å². The van der Waals surface area contributed by atoms with Crippen molar-refractivity contribution in [2.45, 2.75) is 6.92 Å². The van der Waals surface area contributed by atoms with E-state index in [0.717, 1.165) is 8.45 Å². The Morgan fingerprint density at radius 1 is 1.28 bits per heavy atom. The number of benzene rings is 1. The molecule has 0 fully saturated rings. The predicted octanol–water partition coefficient (Wildman–Crippen LogP) is 5.22. The van der Waals surface area contributed by atoms with E-state index in [0.29, 0.717) is 21.3 Å². The molecule has 0 saturated heterocycles. The van der Waals surface area contributed by atoms with E-state index in [-0.39, 0.29) is 5.91 Å². The molecule has 0 radical (unpaired) electrons. The van der Waals surface area contributed by atoms with E-state index in [1.165, 1.54) is 11.3 Å². The van der Waals surface area contributed by atoms with Gasteiger partial charge in [0.1, 0.15) is 0 Å². The first-order valence-corrected chi connectivity index (χ1v) is 7.70. The zero-order chi connectivity index (χ0) is 13.3. The van der Waals surface area contributed by atoms with Gasteiger partial charge in [0, 0.05) is 10.4 Å². The van der Waals surface area contributed by atoms with E-state index in [1.807, 2.05) is 13.0 Å². The Hall–Kier alpha value is -0.300. The molecule has 1 aromatic carbocycles. The first-order chi connectivity index (χ1) is 8.47. The first kappa shape index (κ1) is 14.1. The van der Waals surface area contributed by atoms with Crippen LogP contribution in [0.4, 0.5) is 5.69 Å². The van der Waals surface area contributed by atoms with Crippen molar-refractivity contribution in [3.8, 4) is 0 Å². The molecule has 0 atom stereocenters. The van der Waals surface area contributed by atoms with Crippen LogP contribution in [0.5, 0.6) is 0 Å². The van der Waals surface area contributed by atoms with Gasteiger partial charge in [0.25, 0.3) is 5.91 Å². The molecule has 0 aliphatic carbocycles. The van der Waals surface area contributed by atoms with Gasteiger partial charge in [0.05, 0.1) is 19.2 Å². The smallest absolute Gasteiger partial charge is 0.256 e. The Kier molecular flexibility index (Phi) is 4.53. The van der Waals surface area contributed by atoms with Crippen LogP contribution >= 0.6 is 57.1 Å². The van der Waals surface area contributed by atoms with Gasteiger partial charge in [-0.25, -0.2) is 0 Å². The molecule has 0 spiro atoms. The summed E-state index contributed by atoms with van der Waals surface area (Å²) in [6.45, 7) is 1.86. The maximum Gasteiger partial charge on any atom is 0.256 e. The molecule has 2 aromatic rings. The minimum atomic E-state index is -0.184. The Balaban J connectivity index is 2.24. The monoisotopic (exact) mass is 411 g/mol. The quantitative estimate of drug-likeness (QED) is 0.674. The lowest BCUT2D eigenvalue weighted by Gasteiger charge is -2.08. The highest BCUT2D eigenvalue weighted by Gasteiger charge is 2.11. The van der Waals surface area contributed by atoms with E-state index in [1.54, 1.807) is 17.5 Å². The van der Waals surface area contributed by atoms with Gasteiger partial charge >= 0.3 is 0 Å². The minimum absolute atomic E-state index is 0.184. The molecule has 94 valence electrons. The van der Waals surface area contributed by atoms with Crippen LogP contribution in [0.2, 0.25) is 10.0 Å². The van der Waals surface area contributed by atoms with Crippen LogP contribution in [0, 0.1) is 9.81 Å². The summed E-state index contributed by atoms with van der Waals surface area (Å²) < 4.78 is 1.06. The number of aryl methyl sites for hydroxylation is 1. The van der Waals surface area contributed by atoms with E-state index >= 15 is 0 Å². The van der Waals surface area contributed by atoms with Crippen molar-refractivity contribution in [3.05, 3.63) is 47.6 Å². The average molecular weight is 412 g/mol. The topological polar surface area (TPSA) is 29.1 Å². The maximum atomic E-state index is 12.0. The van der Waals surface area contributed by atoms with Crippen LogP contribution in [0.3, 0.4) is 0 Å². The second kappa shape index (κ2) is 5.77. The normalized spacial score (nSPS) is 10.4. The summed E-state index contributed by atoms with van der Waals surface area (Å²) >= 11 is 15.8. The van der Waals surface area contributed by atoms with Gasteiger partial charge in [-0.15, -0.1) is 11.3 Å².